The summed E-state index contributed by atoms with van der Waals surface area (Å²) in [5.74, 6) is 0.331. The summed E-state index contributed by atoms with van der Waals surface area (Å²) in [5, 5.41) is 6.50. The van der Waals surface area contributed by atoms with Gasteiger partial charge in [0, 0.05) is 16.4 Å². The average Bonchev–Trinajstić information content (AvgIpc) is 2.39. The lowest BCUT2D eigenvalue weighted by atomic mass is 9.92. The van der Waals surface area contributed by atoms with Crippen molar-refractivity contribution < 1.29 is 4.79 Å². The number of rotatable bonds is 3. The summed E-state index contributed by atoms with van der Waals surface area (Å²) in [6.07, 6.45) is 1.86. The summed E-state index contributed by atoms with van der Waals surface area (Å²) < 4.78 is 1.06. The molecule has 104 valence electrons. The van der Waals surface area contributed by atoms with E-state index in [1.807, 2.05) is 31.2 Å². The van der Waals surface area contributed by atoms with Crippen molar-refractivity contribution in [2.24, 2.45) is 5.92 Å². The van der Waals surface area contributed by atoms with Gasteiger partial charge in [-0.1, -0.05) is 28.1 Å². The van der Waals surface area contributed by atoms with Crippen LogP contribution in [0.25, 0.3) is 0 Å². The van der Waals surface area contributed by atoms with E-state index in [1.54, 1.807) is 0 Å². The zero-order valence-corrected chi connectivity index (χ0v) is 13.0. The summed E-state index contributed by atoms with van der Waals surface area (Å²) in [6.45, 7) is 5.11. The maximum absolute atomic E-state index is 12.2. The quantitative estimate of drug-likeness (QED) is 0.897. The van der Waals surface area contributed by atoms with Crippen molar-refractivity contribution in [1.82, 2.24) is 10.6 Å². The number of carbonyl (C=O) groups excluding carboxylic acids is 1. The molecule has 0 aliphatic carbocycles. The highest BCUT2D eigenvalue weighted by Gasteiger charge is 2.25. The number of piperidine rings is 1. The van der Waals surface area contributed by atoms with Crippen LogP contribution in [0.5, 0.6) is 0 Å². The van der Waals surface area contributed by atoms with Crippen molar-refractivity contribution in [2.75, 3.05) is 6.54 Å². The number of hydrogen-bond acceptors (Lipinski definition) is 2. The first-order valence-corrected chi connectivity index (χ1v) is 7.65. The van der Waals surface area contributed by atoms with E-state index in [1.165, 1.54) is 0 Å². The fraction of sp³-hybridized carbons (Fsp3) is 0.533. The van der Waals surface area contributed by atoms with Crippen LogP contribution in [0.4, 0.5) is 0 Å². The van der Waals surface area contributed by atoms with Crippen molar-refractivity contribution >= 4 is 21.8 Å². The second-order valence-electron chi connectivity index (χ2n) is 5.36. The van der Waals surface area contributed by atoms with E-state index >= 15 is 0 Å². The van der Waals surface area contributed by atoms with Gasteiger partial charge in [-0.3, -0.25) is 4.79 Å². The fourth-order valence-electron chi connectivity index (χ4n) is 2.54. The van der Waals surface area contributed by atoms with Gasteiger partial charge in [0.1, 0.15) is 0 Å². The molecule has 3 atom stereocenters. The summed E-state index contributed by atoms with van der Waals surface area (Å²) in [6, 6.07) is 8.59. The zero-order valence-electron chi connectivity index (χ0n) is 11.4. The van der Waals surface area contributed by atoms with Gasteiger partial charge in [-0.2, -0.15) is 0 Å². The Kier molecular flexibility index (Phi) is 4.99. The van der Waals surface area contributed by atoms with E-state index in [9.17, 15) is 4.79 Å². The van der Waals surface area contributed by atoms with Crippen molar-refractivity contribution in [1.29, 1.82) is 0 Å². The van der Waals surface area contributed by atoms with Crippen molar-refractivity contribution in [3.63, 3.8) is 0 Å². The minimum Gasteiger partial charge on any atom is -0.349 e. The predicted molar refractivity (Wildman–Crippen MR) is 80.9 cm³/mol. The second-order valence-corrected chi connectivity index (χ2v) is 6.27. The average molecular weight is 325 g/mol. The number of halogens is 1. The molecule has 0 saturated carbocycles. The summed E-state index contributed by atoms with van der Waals surface area (Å²) in [7, 11) is 0. The lowest BCUT2D eigenvalue weighted by Gasteiger charge is -2.28. The van der Waals surface area contributed by atoms with Crippen LogP contribution in [-0.4, -0.2) is 18.5 Å². The molecule has 1 fully saturated rings. The molecule has 4 heteroatoms. The third-order valence-corrected chi connectivity index (χ3v) is 4.25. The smallest absolute Gasteiger partial charge is 0.223 e. The van der Waals surface area contributed by atoms with Gasteiger partial charge in [0.2, 0.25) is 5.91 Å². The second kappa shape index (κ2) is 6.53. The Labute approximate surface area is 123 Å². The van der Waals surface area contributed by atoms with Crippen LogP contribution in [0.3, 0.4) is 0 Å². The van der Waals surface area contributed by atoms with Gasteiger partial charge < -0.3 is 10.6 Å². The molecular weight excluding hydrogens is 304 g/mol. The molecule has 0 spiro atoms. The molecule has 0 bridgehead atoms. The third-order valence-electron chi connectivity index (χ3n) is 3.72. The molecule has 2 N–H and O–H groups in total. The minimum atomic E-state index is 0.0609. The lowest BCUT2D eigenvalue weighted by Crippen LogP contribution is -2.42. The predicted octanol–water partition coefficient (Wildman–Crippen LogP) is 3.01. The Hall–Kier alpha value is -0.870. The Morgan fingerprint density at radius 2 is 2.11 bits per heavy atom. The summed E-state index contributed by atoms with van der Waals surface area (Å²) >= 11 is 3.42. The molecule has 1 saturated heterocycles. The number of carbonyl (C=O) groups is 1. The van der Waals surface area contributed by atoms with E-state index in [-0.39, 0.29) is 17.9 Å². The Balaban J connectivity index is 1.92. The van der Waals surface area contributed by atoms with Gasteiger partial charge in [-0.05, 0) is 50.9 Å². The van der Waals surface area contributed by atoms with Gasteiger partial charge in [-0.15, -0.1) is 0 Å². The summed E-state index contributed by atoms with van der Waals surface area (Å²) in [5.41, 5.74) is 1.14. The third kappa shape index (κ3) is 4.05. The van der Waals surface area contributed by atoms with E-state index < -0.39 is 0 Å². The molecule has 1 aliphatic heterocycles. The van der Waals surface area contributed by atoms with Crippen LogP contribution < -0.4 is 10.6 Å². The molecule has 3 unspecified atom stereocenters. The van der Waals surface area contributed by atoms with Crippen molar-refractivity contribution in [3.05, 3.63) is 34.3 Å². The molecule has 1 heterocycles. The van der Waals surface area contributed by atoms with Gasteiger partial charge in [0.05, 0.1) is 6.04 Å². The van der Waals surface area contributed by atoms with Crippen molar-refractivity contribution in [3.8, 4) is 0 Å². The molecule has 3 nitrogen and oxygen atoms in total. The first kappa shape index (κ1) is 14.5. The normalized spacial score (nSPS) is 24.8. The van der Waals surface area contributed by atoms with E-state index in [2.05, 4.69) is 33.5 Å². The van der Waals surface area contributed by atoms with Crippen LogP contribution in [0, 0.1) is 5.92 Å². The van der Waals surface area contributed by atoms with Gasteiger partial charge >= 0.3 is 0 Å². The van der Waals surface area contributed by atoms with Crippen LogP contribution >= 0.6 is 15.9 Å². The number of benzene rings is 1. The lowest BCUT2D eigenvalue weighted by molar-refractivity contribution is -0.126. The highest BCUT2D eigenvalue weighted by molar-refractivity contribution is 9.10. The highest BCUT2D eigenvalue weighted by atomic mass is 79.9. The fourth-order valence-corrected chi connectivity index (χ4v) is 2.80. The molecule has 1 amide bonds. The number of hydrogen-bond donors (Lipinski definition) is 2. The SMILES string of the molecule is CC1CC(C(=O)NC(C)c2ccc(Br)cc2)CCN1. The van der Waals surface area contributed by atoms with Gasteiger partial charge in [0.25, 0.3) is 0 Å². The van der Waals surface area contributed by atoms with Crippen LogP contribution in [-0.2, 0) is 4.79 Å². The molecule has 1 aromatic carbocycles. The first-order chi connectivity index (χ1) is 9.06. The Bertz CT molecular complexity index is 432. The van der Waals surface area contributed by atoms with Gasteiger partial charge in [-0.25, -0.2) is 0 Å². The summed E-state index contributed by atoms with van der Waals surface area (Å²) in [4.78, 5) is 12.2. The maximum atomic E-state index is 12.2. The molecule has 1 aromatic rings. The van der Waals surface area contributed by atoms with E-state index in [4.69, 9.17) is 0 Å². The highest BCUT2D eigenvalue weighted by Crippen LogP contribution is 2.20. The van der Waals surface area contributed by atoms with Crippen molar-refractivity contribution in [2.45, 2.75) is 38.8 Å². The monoisotopic (exact) mass is 324 g/mol. The minimum absolute atomic E-state index is 0.0609. The molecule has 2 rings (SSSR count). The Morgan fingerprint density at radius 1 is 1.42 bits per heavy atom. The molecule has 0 radical (unpaired) electrons. The largest absolute Gasteiger partial charge is 0.349 e. The van der Waals surface area contributed by atoms with E-state index in [0.717, 1.165) is 29.4 Å². The topological polar surface area (TPSA) is 41.1 Å². The first-order valence-electron chi connectivity index (χ1n) is 6.85. The molecular formula is C15H21BrN2O. The standard InChI is InChI=1S/C15H21BrN2O/c1-10-9-13(7-8-17-10)15(19)18-11(2)12-3-5-14(16)6-4-12/h3-6,10-11,13,17H,7-9H2,1-2H3,(H,18,19). The van der Waals surface area contributed by atoms with Gasteiger partial charge in [0.15, 0.2) is 0 Å². The number of nitrogens with one attached hydrogen (secondary N) is 2. The zero-order chi connectivity index (χ0) is 13.8. The van der Waals surface area contributed by atoms with Crippen LogP contribution in [0.15, 0.2) is 28.7 Å². The maximum Gasteiger partial charge on any atom is 0.223 e. The molecule has 1 aliphatic rings. The van der Waals surface area contributed by atoms with E-state index in [0.29, 0.717) is 6.04 Å². The molecule has 19 heavy (non-hydrogen) atoms. The number of amides is 1. The molecule has 0 aromatic heterocycles. The van der Waals surface area contributed by atoms with Crippen LogP contribution in [0.1, 0.15) is 38.3 Å². The Morgan fingerprint density at radius 3 is 2.74 bits per heavy atom. The van der Waals surface area contributed by atoms with Crippen LogP contribution in [0.2, 0.25) is 0 Å².